The third kappa shape index (κ3) is 2.90. The van der Waals surface area contributed by atoms with Gasteiger partial charge >= 0.3 is 0 Å². The highest BCUT2D eigenvalue weighted by Gasteiger charge is 2.18. The fraction of sp³-hybridized carbons (Fsp3) is 0.292. The molecule has 0 radical (unpaired) electrons. The van der Waals surface area contributed by atoms with Crippen LogP contribution in [0.5, 0.6) is 0 Å². The summed E-state index contributed by atoms with van der Waals surface area (Å²) in [5.74, 6) is 0.397. The molecule has 1 aromatic carbocycles. The lowest BCUT2D eigenvalue weighted by Gasteiger charge is -2.15. The van der Waals surface area contributed by atoms with Gasteiger partial charge in [-0.3, -0.25) is 4.99 Å². The maximum atomic E-state index is 4.81. The molecule has 26 heavy (non-hydrogen) atoms. The van der Waals surface area contributed by atoms with Gasteiger partial charge < -0.3 is 4.98 Å². The second-order valence-corrected chi connectivity index (χ2v) is 7.40. The smallest absolute Gasteiger partial charge is 0.0701 e. The fourth-order valence-corrected chi connectivity index (χ4v) is 3.87. The summed E-state index contributed by atoms with van der Waals surface area (Å²) in [5, 5.41) is 0. The van der Waals surface area contributed by atoms with Gasteiger partial charge in [0.2, 0.25) is 0 Å². The first-order valence-corrected chi connectivity index (χ1v) is 9.49. The molecule has 1 aliphatic carbocycles. The van der Waals surface area contributed by atoms with Crippen LogP contribution in [0.3, 0.4) is 0 Å². The fourth-order valence-electron chi connectivity index (χ4n) is 3.87. The second kappa shape index (κ2) is 6.60. The lowest BCUT2D eigenvalue weighted by atomic mass is 9.89. The number of nitrogens with zero attached hydrogens (tertiary/aromatic N) is 1. The van der Waals surface area contributed by atoms with Gasteiger partial charge in [0.05, 0.1) is 5.69 Å². The van der Waals surface area contributed by atoms with E-state index in [1.807, 2.05) is 0 Å². The van der Waals surface area contributed by atoms with Crippen LogP contribution >= 0.6 is 0 Å². The van der Waals surface area contributed by atoms with E-state index in [2.05, 4.69) is 81.3 Å². The number of H-pyrrole nitrogens is 1. The van der Waals surface area contributed by atoms with E-state index in [0.29, 0.717) is 5.92 Å². The van der Waals surface area contributed by atoms with Gasteiger partial charge in [0.15, 0.2) is 0 Å². The van der Waals surface area contributed by atoms with Gasteiger partial charge in [-0.05, 0) is 63.0 Å². The number of benzene rings is 1. The van der Waals surface area contributed by atoms with Crippen LogP contribution in [0.15, 0.2) is 35.3 Å². The summed E-state index contributed by atoms with van der Waals surface area (Å²) >= 11 is 0. The molecule has 1 aromatic heterocycles. The van der Waals surface area contributed by atoms with Gasteiger partial charge in [0.1, 0.15) is 0 Å². The summed E-state index contributed by atoms with van der Waals surface area (Å²) in [7, 11) is 0. The molecule has 2 heteroatoms. The number of nitrogens with one attached hydrogen (secondary N) is 1. The van der Waals surface area contributed by atoms with E-state index in [1.165, 1.54) is 44.9 Å². The van der Waals surface area contributed by atoms with E-state index in [-0.39, 0.29) is 0 Å². The van der Waals surface area contributed by atoms with Crippen molar-refractivity contribution >= 4 is 35.2 Å². The maximum absolute atomic E-state index is 4.81. The zero-order valence-electron chi connectivity index (χ0n) is 16.1. The van der Waals surface area contributed by atoms with Gasteiger partial charge in [0, 0.05) is 39.7 Å². The summed E-state index contributed by atoms with van der Waals surface area (Å²) in [6.45, 7) is 8.55. The number of aromatic amines is 1. The van der Waals surface area contributed by atoms with Crippen LogP contribution in [0.2, 0.25) is 0 Å². The molecule has 0 saturated carbocycles. The number of aliphatic imine (C=N–C) groups is 1. The van der Waals surface area contributed by atoms with Crippen LogP contribution in [0.1, 0.15) is 60.8 Å². The number of fused-ring (bicyclic) bond motifs is 2. The quantitative estimate of drug-likeness (QED) is 0.637. The van der Waals surface area contributed by atoms with Crippen LogP contribution in [-0.2, 0) is 6.42 Å². The Morgan fingerprint density at radius 2 is 2.04 bits per heavy atom. The first-order valence-electron chi connectivity index (χ1n) is 9.49. The molecule has 0 amide bonds. The number of hydrogen-bond donors (Lipinski definition) is 1. The molecule has 2 heterocycles. The van der Waals surface area contributed by atoms with Crippen LogP contribution in [-0.4, -0.2) is 10.7 Å². The molecule has 1 unspecified atom stereocenters. The standard InChI is InChI=1S/C24H26N2/c1-5-6-21-17(4)26-24-12-10-19(14-22(21)24)18-9-11-23-20(13-18)8-7-15(2)16(3)25-23/h5-9,11,13-15,26H,10,12H2,1-4H3. The second-order valence-electron chi connectivity index (χ2n) is 7.40. The summed E-state index contributed by atoms with van der Waals surface area (Å²) in [5.41, 5.74) is 11.5. The molecular formula is C24H26N2. The van der Waals surface area contributed by atoms with Crippen molar-refractivity contribution in [3.63, 3.8) is 0 Å². The van der Waals surface area contributed by atoms with Crippen LogP contribution in [0, 0.1) is 12.8 Å². The predicted molar refractivity (Wildman–Crippen MR) is 114 cm³/mol. The van der Waals surface area contributed by atoms with Crippen molar-refractivity contribution in [2.45, 2.75) is 40.5 Å². The number of allylic oxidation sites excluding steroid dienone is 3. The highest BCUT2D eigenvalue weighted by molar-refractivity contribution is 5.93. The molecule has 2 aliphatic rings. The highest BCUT2D eigenvalue weighted by atomic mass is 14.8. The van der Waals surface area contributed by atoms with E-state index in [1.54, 1.807) is 0 Å². The Hall–Kier alpha value is -2.61. The molecular weight excluding hydrogens is 316 g/mol. The zero-order chi connectivity index (χ0) is 18.3. The first kappa shape index (κ1) is 16.8. The molecule has 2 nitrogen and oxygen atoms in total. The van der Waals surface area contributed by atoms with Gasteiger partial charge in [-0.2, -0.15) is 0 Å². The summed E-state index contributed by atoms with van der Waals surface area (Å²) in [6, 6.07) is 6.69. The van der Waals surface area contributed by atoms with Gasteiger partial charge in [-0.1, -0.05) is 37.3 Å². The lowest BCUT2D eigenvalue weighted by Crippen LogP contribution is -2.01. The van der Waals surface area contributed by atoms with Crippen molar-refractivity contribution < 1.29 is 0 Å². The third-order valence-corrected chi connectivity index (χ3v) is 5.57. The highest BCUT2D eigenvalue weighted by Crippen LogP contribution is 2.36. The minimum atomic E-state index is 0.397. The Morgan fingerprint density at radius 1 is 1.19 bits per heavy atom. The SMILES string of the molecule is CC=Cc1c(C)[nH]c2c1C=C(c1ccc3c(c1)C=CC(C)C(C)=N3)CC2. The maximum Gasteiger partial charge on any atom is 0.0701 e. The Labute approximate surface area is 156 Å². The molecule has 0 saturated heterocycles. The monoisotopic (exact) mass is 342 g/mol. The van der Waals surface area contributed by atoms with Crippen LogP contribution < -0.4 is 0 Å². The predicted octanol–water partition coefficient (Wildman–Crippen LogP) is 6.60. The minimum Gasteiger partial charge on any atom is -0.361 e. The van der Waals surface area contributed by atoms with E-state index in [0.717, 1.165) is 18.5 Å². The minimum absolute atomic E-state index is 0.397. The first-order chi connectivity index (χ1) is 12.6. The van der Waals surface area contributed by atoms with E-state index >= 15 is 0 Å². The van der Waals surface area contributed by atoms with Gasteiger partial charge in [0.25, 0.3) is 0 Å². The molecule has 0 fully saturated rings. The number of hydrogen-bond acceptors (Lipinski definition) is 1. The van der Waals surface area contributed by atoms with Crippen molar-refractivity contribution in [1.29, 1.82) is 0 Å². The van der Waals surface area contributed by atoms with Crippen molar-refractivity contribution in [3.8, 4) is 0 Å². The van der Waals surface area contributed by atoms with Gasteiger partial charge in [-0.25, -0.2) is 0 Å². The van der Waals surface area contributed by atoms with E-state index in [9.17, 15) is 0 Å². The largest absolute Gasteiger partial charge is 0.361 e. The van der Waals surface area contributed by atoms with E-state index in [4.69, 9.17) is 4.99 Å². The number of aromatic nitrogens is 1. The molecule has 0 bridgehead atoms. The lowest BCUT2D eigenvalue weighted by molar-refractivity contribution is 0.950. The molecule has 1 aliphatic heterocycles. The molecule has 1 N–H and O–H groups in total. The molecule has 0 spiro atoms. The average Bonchev–Trinajstić information content (AvgIpc) is 2.87. The van der Waals surface area contributed by atoms with Crippen LogP contribution in [0.25, 0.3) is 23.8 Å². The van der Waals surface area contributed by atoms with Crippen molar-refractivity contribution in [1.82, 2.24) is 4.98 Å². The molecule has 1 atom stereocenters. The normalized spacial score (nSPS) is 19.0. The summed E-state index contributed by atoms with van der Waals surface area (Å²) < 4.78 is 0. The molecule has 4 rings (SSSR count). The van der Waals surface area contributed by atoms with Crippen molar-refractivity contribution in [2.24, 2.45) is 10.9 Å². The van der Waals surface area contributed by atoms with E-state index < -0.39 is 0 Å². The van der Waals surface area contributed by atoms with Gasteiger partial charge in [-0.15, -0.1) is 0 Å². The Kier molecular flexibility index (Phi) is 4.28. The zero-order valence-corrected chi connectivity index (χ0v) is 16.1. The Balaban J connectivity index is 1.77. The topological polar surface area (TPSA) is 28.1 Å². The molecule has 132 valence electrons. The Bertz CT molecular complexity index is 980. The number of rotatable bonds is 2. The van der Waals surface area contributed by atoms with Crippen molar-refractivity contribution in [3.05, 3.63) is 64.0 Å². The van der Waals surface area contributed by atoms with Crippen molar-refractivity contribution in [2.75, 3.05) is 0 Å². The number of aryl methyl sites for hydroxylation is 2. The Morgan fingerprint density at radius 3 is 2.85 bits per heavy atom. The summed E-state index contributed by atoms with van der Waals surface area (Å²) in [4.78, 5) is 8.37. The summed E-state index contributed by atoms with van der Waals surface area (Å²) in [6.07, 6.45) is 13.3. The third-order valence-electron chi connectivity index (χ3n) is 5.57. The molecule has 2 aromatic rings. The average molecular weight is 342 g/mol. The van der Waals surface area contributed by atoms with Crippen LogP contribution in [0.4, 0.5) is 5.69 Å².